The highest BCUT2D eigenvalue weighted by atomic mass is 16.2. The molecule has 0 radical (unpaired) electrons. The van der Waals surface area contributed by atoms with Crippen molar-refractivity contribution in [2.75, 3.05) is 6.54 Å². The van der Waals surface area contributed by atoms with Gasteiger partial charge in [-0.15, -0.1) is 0 Å². The van der Waals surface area contributed by atoms with Crippen LogP contribution in [-0.4, -0.2) is 31.9 Å². The molecule has 3 heterocycles. The van der Waals surface area contributed by atoms with Crippen LogP contribution in [0.5, 0.6) is 0 Å². The van der Waals surface area contributed by atoms with Crippen LogP contribution in [0.2, 0.25) is 0 Å². The van der Waals surface area contributed by atoms with Gasteiger partial charge in [-0.1, -0.05) is 30.3 Å². The zero-order valence-corrected chi connectivity index (χ0v) is 15.6. The molecule has 28 heavy (non-hydrogen) atoms. The van der Waals surface area contributed by atoms with E-state index >= 15 is 0 Å². The van der Waals surface area contributed by atoms with E-state index in [1.54, 1.807) is 6.07 Å². The summed E-state index contributed by atoms with van der Waals surface area (Å²) >= 11 is 0. The van der Waals surface area contributed by atoms with Crippen LogP contribution in [-0.2, 0) is 7.05 Å². The number of aromatic amines is 1. The van der Waals surface area contributed by atoms with Gasteiger partial charge in [0, 0.05) is 30.6 Å². The number of nitrogens with one attached hydrogen (secondary N) is 1. The van der Waals surface area contributed by atoms with Crippen molar-refractivity contribution < 1.29 is 4.79 Å². The molecule has 0 spiro atoms. The lowest BCUT2D eigenvalue weighted by atomic mass is 10.1. The first-order valence-electron chi connectivity index (χ1n) is 9.48. The first kappa shape index (κ1) is 16.7. The standard InChI is InChI=1S/C22H20N4O2/c1-25-18-10-5-4-9-17(18)24-20(25)19-11-6-12-26(19)22(28)16-13-23-21(27)15-8-3-2-7-14(15)16/h2-5,7-10,13,19H,6,11-12H2,1H3,(H,23,27)/t19-/m0/s1. The van der Waals surface area contributed by atoms with E-state index in [0.717, 1.165) is 29.7 Å². The van der Waals surface area contributed by atoms with Crippen molar-refractivity contribution in [1.29, 1.82) is 0 Å². The van der Waals surface area contributed by atoms with Gasteiger partial charge in [-0.2, -0.15) is 0 Å². The number of aryl methyl sites for hydroxylation is 1. The fourth-order valence-corrected chi connectivity index (χ4v) is 4.28. The number of hydrogen-bond donors (Lipinski definition) is 1. The summed E-state index contributed by atoms with van der Waals surface area (Å²) in [6, 6.07) is 15.2. The number of fused-ring (bicyclic) bond motifs is 2. The number of carbonyl (C=O) groups excluding carboxylic acids is 1. The highest BCUT2D eigenvalue weighted by Crippen LogP contribution is 2.34. The Balaban J connectivity index is 1.59. The number of carbonyl (C=O) groups is 1. The van der Waals surface area contributed by atoms with Gasteiger partial charge in [-0.25, -0.2) is 4.98 Å². The number of likely N-dealkylation sites (tertiary alicyclic amines) is 1. The summed E-state index contributed by atoms with van der Waals surface area (Å²) in [5.74, 6) is 0.836. The van der Waals surface area contributed by atoms with Gasteiger partial charge in [0.15, 0.2) is 0 Å². The Morgan fingerprint density at radius 2 is 1.86 bits per heavy atom. The number of H-pyrrole nitrogens is 1. The van der Waals surface area contributed by atoms with Crippen molar-refractivity contribution in [3.05, 3.63) is 76.5 Å². The quantitative estimate of drug-likeness (QED) is 0.586. The average molecular weight is 372 g/mol. The Morgan fingerprint density at radius 3 is 2.68 bits per heavy atom. The topological polar surface area (TPSA) is 71.0 Å². The molecule has 4 aromatic rings. The van der Waals surface area contributed by atoms with Crippen molar-refractivity contribution in [1.82, 2.24) is 19.4 Å². The van der Waals surface area contributed by atoms with E-state index in [1.807, 2.05) is 54.4 Å². The zero-order chi connectivity index (χ0) is 19.3. The predicted octanol–water partition coefficient (Wildman–Crippen LogP) is 3.39. The SMILES string of the molecule is Cn1c([C@@H]2CCCN2C(=O)c2c[nH]c(=O)c3ccccc23)nc2ccccc21. The summed E-state index contributed by atoms with van der Waals surface area (Å²) in [6.07, 6.45) is 3.35. The number of pyridine rings is 1. The van der Waals surface area contributed by atoms with Gasteiger partial charge < -0.3 is 14.5 Å². The smallest absolute Gasteiger partial charge is 0.256 e. The number of para-hydroxylation sites is 2. The molecule has 1 amide bonds. The van der Waals surface area contributed by atoms with Crippen LogP contribution in [0.15, 0.2) is 59.5 Å². The molecule has 6 nitrogen and oxygen atoms in total. The second-order valence-corrected chi connectivity index (χ2v) is 7.25. The molecule has 0 bridgehead atoms. The molecule has 140 valence electrons. The second kappa shape index (κ2) is 6.34. The summed E-state index contributed by atoms with van der Waals surface area (Å²) in [7, 11) is 2.00. The van der Waals surface area contributed by atoms with Crippen LogP contribution >= 0.6 is 0 Å². The fourth-order valence-electron chi connectivity index (χ4n) is 4.28. The van der Waals surface area contributed by atoms with Crippen molar-refractivity contribution in [3.8, 4) is 0 Å². The number of amides is 1. The Hall–Kier alpha value is -3.41. The number of benzene rings is 2. The lowest BCUT2D eigenvalue weighted by molar-refractivity contribution is 0.0730. The molecule has 2 aromatic heterocycles. The van der Waals surface area contributed by atoms with Crippen molar-refractivity contribution in [3.63, 3.8) is 0 Å². The molecule has 1 saturated heterocycles. The lowest BCUT2D eigenvalue weighted by Crippen LogP contribution is -2.32. The third-order valence-electron chi connectivity index (χ3n) is 5.67. The molecule has 1 N–H and O–H groups in total. The van der Waals surface area contributed by atoms with Crippen LogP contribution in [0.25, 0.3) is 21.8 Å². The molecule has 1 aliphatic rings. The number of aromatic nitrogens is 3. The third-order valence-corrected chi connectivity index (χ3v) is 5.67. The first-order valence-corrected chi connectivity index (χ1v) is 9.48. The summed E-state index contributed by atoms with van der Waals surface area (Å²) in [5.41, 5.74) is 2.35. The van der Waals surface area contributed by atoms with E-state index in [1.165, 1.54) is 6.20 Å². The van der Waals surface area contributed by atoms with E-state index in [-0.39, 0.29) is 17.5 Å². The zero-order valence-electron chi connectivity index (χ0n) is 15.6. The monoisotopic (exact) mass is 372 g/mol. The Morgan fingerprint density at radius 1 is 1.11 bits per heavy atom. The maximum absolute atomic E-state index is 13.4. The van der Waals surface area contributed by atoms with Gasteiger partial charge in [0.25, 0.3) is 11.5 Å². The highest BCUT2D eigenvalue weighted by Gasteiger charge is 2.34. The van der Waals surface area contributed by atoms with E-state index in [4.69, 9.17) is 4.98 Å². The van der Waals surface area contributed by atoms with Gasteiger partial charge in [0.2, 0.25) is 0 Å². The second-order valence-electron chi connectivity index (χ2n) is 7.25. The van der Waals surface area contributed by atoms with Crippen molar-refractivity contribution >= 4 is 27.7 Å². The summed E-state index contributed by atoms with van der Waals surface area (Å²) in [5, 5.41) is 1.22. The van der Waals surface area contributed by atoms with E-state index in [2.05, 4.69) is 9.55 Å². The molecular formula is C22H20N4O2. The van der Waals surface area contributed by atoms with Crippen LogP contribution in [0.3, 0.4) is 0 Å². The van der Waals surface area contributed by atoms with E-state index in [0.29, 0.717) is 22.9 Å². The van der Waals surface area contributed by atoms with Gasteiger partial charge >= 0.3 is 0 Å². The van der Waals surface area contributed by atoms with Crippen LogP contribution < -0.4 is 5.56 Å². The molecule has 2 aromatic carbocycles. The Labute approximate surface area is 161 Å². The molecule has 0 aliphatic carbocycles. The highest BCUT2D eigenvalue weighted by molar-refractivity contribution is 6.06. The average Bonchev–Trinajstić information content (AvgIpc) is 3.33. The molecule has 0 unspecified atom stereocenters. The minimum absolute atomic E-state index is 0.0676. The molecule has 1 fully saturated rings. The fraction of sp³-hybridized carbons (Fsp3) is 0.227. The Bertz CT molecular complexity index is 1270. The lowest BCUT2D eigenvalue weighted by Gasteiger charge is -2.25. The number of rotatable bonds is 2. The molecule has 6 heteroatoms. The number of imidazole rings is 1. The molecule has 1 aliphatic heterocycles. The predicted molar refractivity (Wildman–Crippen MR) is 108 cm³/mol. The summed E-state index contributed by atoms with van der Waals surface area (Å²) < 4.78 is 2.08. The molecule has 1 atom stereocenters. The van der Waals surface area contributed by atoms with Crippen LogP contribution in [0, 0.1) is 0 Å². The summed E-state index contributed by atoms with van der Waals surface area (Å²) in [4.78, 5) is 35.0. The third kappa shape index (κ3) is 2.45. The van der Waals surface area contributed by atoms with Gasteiger partial charge in [-0.05, 0) is 31.0 Å². The van der Waals surface area contributed by atoms with Crippen molar-refractivity contribution in [2.24, 2.45) is 7.05 Å². The number of nitrogens with zero attached hydrogens (tertiary/aromatic N) is 3. The first-order chi connectivity index (χ1) is 13.6. The maximum Gasteiger partial charge on any atom is 0.256 e. The summed E-state index contributed by atoms with van der Waals surface area (Å²) in [6.45, 7) is 0.681. The molecule has 5 rings (SSSR count). The minimum atomic E-state index is -0.180. The van der Waals surface area contributed by atoms with Gasteiger partial charge in [-0.3, -0.25) is 9.59 Å². The van der Waals surface area contributed by atoms with Gasteiger partial charge in [0.1, 0.15) is 5.82 Å². The Kier molecular flexibility index (Phi) is 3.79. The van der Waals surface area contributed by atoms with Crippen LogP contribution in [0.4, 0.5) is 0 Å². The maximum atomic E-state index is 13.4. The number of hydrogen-bond acceptors (Lipinski definition) is 3. The normalized spacial score (nSPS) is 16.9. The van der Waals surface area contributed by atoms with E-state index < -0.39 is 0 Å². The largest absolute Gasteiger partial charge is 0.329 e. The van der Waals surface area contributed by atoms with Crippen LogP contribution in [0.1, 0.15) is 35.1 Å². The van der Waals surface area contributed by atoms with Crippen molar-refractivity contribution in [2.45, 2.75) is 18.9 Å². The molecular weight excluding hydrogens is 352 g/mol. The molecule has 0 saturated carbocycles. The minimum Gasteiger partial charge on any atom is -0.329 e. The van der Waals surface area contributed by atoms with E-state index in [9.17, 15) is 9.59 Å². The van der Waals surface area contributed by atoms with Gasteiger partial charge in [0.05, 0.1) is 22.6 Å².